The number of aliphatic hydroxyl groups excluding tert-OH is 1. The van der Waals surface area contributed by atoms with Crippen molar-refractivity contribution >= 4 is 28.7 Å². The molecule has 130 valence electrons. The Balaban J connectivity index is 1.54. The third-order valence-corrected chi connectivity index (χ3v) is 6.19. The molecule has 5 nitrogen and oxygen atoms in total. The van der Waals surface area contributed by atoms with Gasteiger partial charge in [-0.1, -0.05) is 25.5 Å². The molecule has 1 fully saturated rings. The third kappa shape index (κ3) is 3.59. The van der Waals surface area contributed by atoms with Crippen LogP contribution in [-0.2, 0) is 4.79 Å². The SMILES string of the molecule is CC(SCC(=O)NC1CCCC1(C)CO)c1nc2ccccc2[nH]1. The predicted octanol–water partition coefficient (Wildman–Crippen LogP) is 3.02. The summed E-state index contributed by atoms with van der Waals surface area (Å²) in [6, 6.07) is 8.02. The van der Waals surface area contributed by atoms with E-state index in [1.54, 1.807) is 11.8 Å². The van der Waals surface area contributed by atoms with Crippen molar-refractivity contribution in [2.24, 2.45) is 5.41 Å². The van der Waals surface area contributed by atoms with E-state index in [0.29, 0.717) is 5.75 Å². The number of thioether (sulfide) groups is 1. The van der Waals surface area contributed by atoms with Crippen LogP contribution in [0.4, 0.5) is 0 Å². The van der Waals surface area contributed by atoms with Gasteiger partial charge < -0.3 is 15.4 Å². The number of hydrogen-bond donors (Lipinski definition) is 3. The van der Waals surface area contributed by atoms with E-state index < -0.39 is 0 Å². The van der Waals surface area contributed by atoms with Gasteiger partial charge in [-0.3, -0.25) is 4.79 Å². The van der Waals surface area contributed by atoms with Crippen molar-refractivity contribution in [2.45, 2.75) is 44.4 Å². The minimum atomic E-state index is -0.176. The number of rotatable bonds is 6. The lowest BCUT2D eigenvalue weighted by molar-refractivity contribution is -0.120. The van der Waals surface area contributed by atoms with E-state index in [2.05, 4.69) is 29.1 Å². The monoisotopic (exact) mass is 347 g/mol. The van der Waals surface area contributed by atoms with Crippen LogP contribution >= 0.6 is 11.8 Å². The fraction of sp³-hybridized carbons (Fsp3) is 0.556. The summed E-state index contributed by atoms with van der Waals surface area (Å²) in [5, 5.41) is 12.8. The first-order chi connectivity index (χ1) is 11.5. The average molecular weight is 347 g/mol. The Morgan fingerprint density at radius 3 is 3.08 bits per heavy atom. The lowest BCUT2D eigenvalue weighted by Gasteiger charge is -2.30. The van der Waals surface area contributed by atoms with E-state index in [1.807, 2.05) is 24.3 Å². The Morgan fingerprint density at radius 1 is 1.54 bits per heavy atom. The van der Waals surface area contributed by atoms with Crippen molar-refractivity contribution < 1.29 is 9.90 Å². The van der Waals surface area contributed by atoms with Gasteiger partial charge in [0.15, 0.2) is 0 Å². The molecule has 0 bridgehead atoms. The molecule has 0 radical (unpaired) electrons. The van der Waals surface area contributed by atoms with Gasteiger partial charge in [-0.05, 0) is 31.9 Å². The molecule has 24 heavy (non-hydrogen) atoms. The standard InChI is InChI=1S/C18H25N3O2S/c1-12(17-19-13-6-3-4-7-14(13)20-17)24-10-16(23)21-15-8-5-9-18(15,2)11-22/h3-4,6-7,12,15,22H,5,8-11H2,1-2H3,(H,19,20)(H,21,23). The fourth-order valence-corrected chi connectivity index (χ4v) is 4.10. The highest BCUT2D eigenvalue weighted by atomic mass is 32.2. The summed E-state index contributed by atoms with van der Waals surface area (Å²) in [6.45, 7) is 4.23. The number of nitrogens with one attached hydrogen (secondary N) is 2. The largest absolute Gasteiger partial charge is 0.396 e. The van der Waals surface area contributed by atoms with Crippen LogP contribution in [0.1, 0.15) is 44.2 Å². The molecule has 1 aromatic heterocycles. The molecule has 1 heterocycles. The van der Waals surface area contributed by atoms with E-state index in [9.17, 15) is 9.90 Å². The Bertz CT molecular complexity index is 684. The number of aromatic nitrogens is 2. The van der Waals surface area contributed by atoms with Gasteiger partial charge in [0.2, 0.25) is 5.91 Å². The highest BCUT2D eigenvalue weighted by molar-refractivity contribution is 8.00. The molecule has 0 aliphatic heterocycles. The molecular formula is C18H25N3O2S. The van der Waals surface area contributed by atoms with Gasteiger partial charge in [-0.2, -0.15) is 0 Å². The summed E-state index contributed by atoms with van der Waals surface area (Å²) in [4.78, 5) is 20.2. The smallest absolute Gasteiger partial charge is 0.230 e. The summed E-state index contributed by atoms with van der Waals surface area (Å²) in [5.41, 5.74) is 1.80. The zero-order valence-corrected chi connectivity index (χ0v) is 15.0. The minimum Gasteiger partial charge on any atom is -0.396 e. The molecule has 0 saturated heterocycles. The molecule has 0 spiro atoms. The molecular weight excluding hydrogens is 322 g/mol. The van der Waals surface area contributed by atoms with Crippen molar-refractivity contribution in [2.75, 3.05) is 12.4 Å². The molecule has 1 aliphatic rings. The van der Waals surface area contributed by atoms with Crippen LogP contribution in [0.3, 0.4) is 0 Å². The number of imidazole rings is 1. The second kappa shape index (κ2) is 7.15. The predicted molar refractivity (Wildman–Crippen MR) is 97.9 cm³/mol. The molecule has 3 unspecified atom stereocenters. The Kier molecular flexibility index (Phi) is 5.15. The van der Waals surface area contributed by atoms with Crippen LogP contribution in [0.5, 0.6) is 0 Å². The summed E-state index contributed by atoms with van der Waals surface area (Å²) < 4.78 is 0. The first kappa shape index (κ1) is 17.3. The fourth-order valence-electron chi connectivity index (χ4n) is 3.35. The van der Waals surface area contributed by atoms with Crippen LogP contribution in [0.2, 0.25) is 0 Å². The summed E-state index contributed by atoms with van der Waals surface area (Å²) in [7, 11) is 0. The zero-order chi connectivity index (χ0) is 17.2. The topological polar surface area (TPSA) is 78.0 Å². The number of aromatic amines is 1. The maximum atomic E-state index is 12.3. The number of H-pyrrole nitrogens is 1. The van der Waals surface area contributed by atoms with Crippen LogP contribution in [0.15, 0.2) is 24.3 Å². The minimum absolute atomic E-state index is 0.0366. The zero-order valence-electron chi connectivity index (χ0n) is 14.2. The maximum Gasteiger partial charge on any atom is 0.230 e. The van der Waals surface area contributed by atoms with E-state index >= 15 is 0 Å². The Labute approximate surface area is 146 Å². The number of hydrogen-bond acceptors (Lipinski definition) is 4. The van der Waals surface area contributed by atoms with Crippen molar-refractivity contribution in [3.05, 3.63) is 30.1 Å². The van der Waals surface area contributed by atoms with E-state index in [4.69, 9.17) is 0 Å². The summed E-state index contributed by atoms with van der Waals surface area (Å²) in [6.07, 6.45) is 2.98. The number of para-hydroxylation sites is 2. The quantitative estimate of drug-likeness (QED) is 0.750. The van der Waals surface area contributed by atoms with Gasteiger partial charge in [0.1, 0.15) is 5.82 Å². The Morgan fingerprint density at radius 2 is 2.33 bits per heavy atom. The molecule has 6 heteroatoms. The summed E-state index contributed by atoms with van der Waals surface area (Å²) >= 11 is 1.58. The van der Waals surface area contributed by atoms with Gasteiger partial charge in [-0.25, -0.2) is 4.98 Å². The number of carbonyl (C=O) groups is 1. The van der Waals surface area contributed by atoms with Gasteiger partial charge in [0, 0.05) is 11.5 Å². The number of amides is 1. The number of nitrogens with zero attached hydrogens (tertiary/aromatic N) is 1. The number of benzene rings is 1. The number of fused-ring (bicyclic) bond motifs is 1. The number of carbonyl (C=O) groups excluding carboxylic acids is 1. The average Bonchev–Trinajstić information content (AvgIpc) is 3.17. The van der Waals surface area contributed by atoms with Gasteiger partial charge >= 0.3 is 0 Å². The van der Waals surface area contributed by atoms with Crippen molar-refractivity contribution in [1.82, 2.24) is 15.3 Å². The summed E-state index contributed by atoms with van der Waals surface area (Å²) in [5.74, 6) is 1.33. The Hall–Kier alpha value is -1.53. The van der Waals surface area contributed by atoms with Gasteiger partial charge in [-0.15, -0.1) is 11.8 Å². The van der Waals surface area contributed by atoms with E-state index in [-0.39, 0.29) is 29.2 Å². The van der Waals surface area contributed by atoms with E-state index in [0.717, 1.165) is 36.1 Å². The van der Waals surface area contributed by atoms with Gasteiger partial charge in [0.05, 0.1) is 28.6 Å². The van der Waals surface area contributed by atoms with Gasteiger partial charge in [0.25, 0.3) is 0 Å². The van der Waals surface area contributed by atoms with Crippen molar-refractivity contribution in [1.29, 1.82) is 0 Å². The van der Waals surface area contributed by atoms with E-state index in [1.165, 1.54) is 0 Å². The highest BCUT2D eigenvalue weighted by Crippen LogP contribution is 2.37. The van der Waals surface area contributed by atoms with Crippen LogP contribution in [0, 0.1) is 5.41 Å². The lowest BCUT2D eigenvalue weighted by Crippen LogP contribution is -2.45. The van der Waals surface area contributed by atoms with Crippen molar-refractivity contribution in [3.63, 3.8) is 0 Å². The van der Waals surface area contributed by atoms with Crippen LogP contribution in [-0.4, -0.2) is 39.4 Å². The molecule has 1 amide bonds. The number of aliphatic hydroxyl groups is 1. The van der Waals surface area contributed by atoms with Crippen LogP contribution in [0.25, 0.3) is 11.0 Å². The molecule has 3 N–H and O–H groups in total. The molecule has 1 saturated carbocycles. The molecule has 1 aliphatic carbocycles. The van der Waals surface area contributed by atoms with Crippen LogP contribution < -0.4 is 5.32 Å². The molecule has 1 aromatic carbocycles. The first-order valence-electron chi connectivity index (χ1n) is 8.48. The molecule has 2 aromatic rings. The van der Waals surface area contributed by atoms with Crippen molar-refractivity contribution in [3.8, 4) is 0 Å². The maximum absolute atomic E-state index is 12.3. The normalized spacial score (nSPS) is 25.0. The first-order valence-corrected chi connectivity index (χ1v) is 9.53. The molecule has 3 atom stereocenters. The molecule has 3 rings (SSSR count). The second-order valence-electron chi connectivity index (χ2n) is 6.92. The third-order valence-electron chi connectivity index (χ3n) is 5.04. The highest BCUT2D eigenvalue weighted by Gasteiger charge is 2.39. The lowest BCUT2D eigenvalue weighted by atomic mass is 9.86. The second-order valence-corrected chi connectivity index (χ2v) is 8.25.